The Morgan fingerprint density at radius 1 is 1.35 bits per heavy atom. The van der Waals surface area contributed by atoms with Crippen LogP contribution in [0.15, 0.2) is 6.33 Å². The van der Waals surface area contributed by atoms with Gasteiger partial charge in [-0.15, -0.1) is 0 Å². The Bertz CT molecular complexity index is 356. The second kappa shape index (κ2) is 9.82. The molecule has 1 rings (SSSR count). The minimum atomic E-state index is 0.132. The molecular weight excluding hydrogens is 258 g/mol. The van der Waals surface area contributed by atoms with Crippen molar-refractivity contribution in [3.63, 3.8) is 0 Å². The zero-order valence-electron chi connectivity index (χ0n) is 12.7. The highest BCUT2D eigenvalue weighted by Crippen LogP contribution is 2.06. The van der Waals surface area contributed by atoms with Gasteiger partial charge in [0.1, 0.15) is 12.2 Å². The van der Waals surface area contributed by atoms with Crippen molar-refractivity contribution >= 4 is 0 Å². The molecule has 0 aliphatic carbocycles. The molecule has 3 N–H and O–H groups in total. The zero-order chi connectivity index (χ0) is 14.8. The Balaban J connectivity index is 2.37. The number of ether oxygens (including phenoxy) is 2. The fourth-order valence-electron chi connectivity index (χ4n) is 1.88. The van der Waals surface area contributed by atoms with Crippen molar-refractivity contribution in [2.45, 2.75) is 39.3 Å². The predicted molar refractivity (Wildman–Crippen MR) is 77.0 cm³/mol. The van der Waals surface area contributed by atoms with E-state index in [4.69, 9.17) is 15.3 Å². The van der Waals surface area contributed by atoms with Crippen molar-refractivity contribution in [3.8, 4) is 0 Å². The smallest absolute Gasteiger partial charge is 0.138 e. The molecule has 0 spiro atoms. The molecule has 0 bridgehead atoms. The van der Waals surface area contributed by atoms with E-state index in [1.54, 1.807) is 13.4 Å². The fraction of sp³-hybridized carbons (Fsp3) is 0.846. The second-order valence-electron chi connectivity index (χ2n) is 5.21. The molecule has 1 aromatic heterocycles. The van der Waals surface area contributed by atoms with Gasteiger partial charge < -0.3 is 9.47 Å². The van der Waals surface area contributed by atoms with Gasteiger partial charge in [0, 0.05) is 32.7 Å². The molecule has 0 aromatic carbocycles. The van der Waals surface area contributed by atoms with Gasteiger partial charge in [-0.05, 0) is 12.3 Å². The lowest BCUT2D eigenvalue weighted by Gasteiger charge is -2.16. The van der Waals surface area contributed by atoms with Crippen LogP contribution in [0.1, 0.15) is 26.1 Å². The van der Waals surface area contributed by atoms with E-state index >= 15 is 0 Å². The number of methoxy groups -OCH3 is 1. The van der Waals surface area contributed by atoms with Crippen LogP contribution in [-0.2, 0) is 22.4 Å². The molecule has 0 amide bonds. The molecule has 0 radical (unpaired) electrons. The highest BCUT2D eigenvalue weighted by atomic mass is 16.5. The van der Waals surface area contributed by atoms with Crippen LogP contribution in [0.3, 0.4) is 0 Å². The molecule has 116 valence electrons. The molecule has 1 atom stereocenters. The molecule has 20 heavy (non-hydrogen) atoms. The largest absolute Gasteiger partial charge is 0.382 e. The molecule has 0 saturated carbocycles. The maximum Gasteiger partial charge on any atom is 0.138 e. The summed E-state index contributed by atoms with van der Waals surface area (Å²) in [5.74, 6) is 7.09. The normalized spacial score (nSPS) is 13.1. The monoisotopic (exact) mass is 285 g/mol. The van der Waals surface area contributed by atoms with Crippen LogP contribution < -0.4 is 11.3 Å². The van der Waals surface area contributed by atoms with Gasteiger partial charge in [0.25, 0.3) is 0 Å². The van der Waals surface area contributed by atoms with Crippen LogP contribution in [0.2, 0.25) is 0 Å². The number of rotatable bonds is 11. The highest BCUT2D eigenvalue weighted by molar-refractivity contribution is 4.89. The first-order valence-electron chi connectivity index (χ1n) is 7.06. The molecule has 7 nitrogen and oxygen atoms in total. The first-order chi connectivity index (χ1) is 9.67. The average molecular weight is 285 g/mol. The quantitative estimate of drug-likeness (QED) is 0.347. The van der Waals surface area contributed by atoms with Crippen LogP contribution in [0.25, 0.3) is 0 Å². The van der Waals surface area contributed by atoms with Crippen LogP contribution in [0.5, 0.6) is 0 Å². The van der Waals surface area contributed by atoms with Gasteiger partial charge >= 0.3 is 0 Å². The van der Waals surface area contributed by atoms with Gasteiger partial charge in [-0.25, -0.2) is 9.67 Å². The van der Waals surface area contributed by atoms with E-state index in [0.717, 1.165) is 25.2 Å². The van der Waals surface area contributed by atoms with Gasteiger partial charge in [-0.1, -0.05) is 13.8 Å². The summed E-state index contributed by atoms with van der Waals surface area (Å²) < 4.78 is 12.3. The predicted octanol–water partition coefficient (Wildman–Crippen LogP) is 0.362. The second-order valence-corrected chi connectivity index (χ2v) is 5.21. The van der Waals surface area contributed by atoms with Crippen molar-refractivity contribution in [2.75, 3.05) is 26.9 Å². The van der Waals surface area contributed by atoms with Gasteiger partial charge in [0.2, 0.25) is 0 Å². The number of hydrazine groups is 1. The lowest BCUT2D eigenvalue weighted by atomic mass is 10.1. The third-order valence-electron chi connectivity index (χ3n) is 2.94. The zero-order valence-corrected chi connectivity index (χ0v) is 12.7. The summed E-state index contributed by atoms with van der Waals surface area (Å²) in [5.41, 5.74) is 2.82. The number of nitrogens with two attached hydrogens (primary N) is 1. The molecule has 1 aromatic rings. The van der Waals surface area contributed by atoms with E-state index in [2.05, 4.69) is 29.4 Å². The van der Waals surface area contributed by atoms with Crippen molar-refractivity contribution < 1.29 is 9.47 Å². The summed E-state index contributed by atoms with van der Waals surface area (Å²) in [6.45, 7) is 7.07. The number of nitrogens with one attached hydrogen (secondary N) is 1. The summed E-state index contributed by atoms with van der Waals surface area (Å²) in [6, 6.07) is 0.132. The lowest BCUT2D eigenvalue weighted by Crippen LogP contribution is -2.38. The van der Waals surface area contributed by atoms with E-state index in [1.807, 2.05) is 4.68 Å². The van der Waals surface area contributed by atoms with Crippen molar-refractivity contribution in [1.29, 1.82) is 0 Å². The molecule has 0 saturated heterocycles. The van der Waals surface area contributed by atoms with E-state index < -0.39 is 0 Å². The van der Waals surface area contributed by atoms with Crippen LogP contribution >= 0.6 is 0 Å². The lowest BCUT2D eigenvalue weighted by molar-refractivity contribution is 0.0657. The van der Waals surface area contributed by atoms with Crippen LogP contribution in [0.4, 0.5) is 0 Å². The maximum absolute atomic E-state index is 5.59. The summed E-state index contributed by atoms with van der Waals surface area (Å²) in [6.07, 6.45) is 3.17. The third kappa shape index (κ3) is 6.42. The summed E-state index contributed by atoms with van der Waals surface area (Å²) in [7, 11) is 1.66. The number of nitrogens with zero attached hydrogens (tertiary/aromatic N) is 3. The highest BCUT2D eigenvalue weighted by Gasteiger charge is 2.13. The third-order valence-corrected chi connectivity index (χ3v) is 2.94. The summed E-state index contributed by atoms with van der Waals surface area (Å²) in [5, 5.41) is 4.25. The first kappa shape index (κ1) is 17.0. The van der Waals surface area contributed by atoms with E-state index in [-0.39, 0.29) is 6.04 Å². The number of hydrogen-bond acceptors (Lipinski definition) is 6. The SMILES string of the molecule is COCCOCCC(Cc1ncnn1CC(C)C)NN. The Hall–Kier alpha value is -1.02. The molecule has 0 aliphatic rings. The van der Waals surface area contributed by atoms with Crippen LogP contribution in [-0.4, -0.2) is 47.7 Å². The van der Waals surface area contributed by atoms with Crippen molar-refractivity contribution in [3.05, 3.63) is 12.2 Å². The topological polar surface area (TPSA) is 87.2 Å². The Labute approximate surface area is 120 Å². The van der Waals surface area contributed by atoms with Crippen LogP contribution in [0, 0.1) is 5.92 Å². The standard InChI is InChI=1S/C13H27N5O2/c1-11(2)9-18-13(15-10-16-18)8-12(17-14)4-5-20-7-6-19-3/h10-12,17H,4-9,14H2,1-3H3. The van der Waals surface area contributed by atoms with Crippen molar-refractivity contribution in [2.24, 2.45) is 11.8 Å². The maximum atomic E-state index is 5.59. The van der Waals surface area contributed by atoms with E-state index in [9.17, 15) is 0 Å². The number of aromatic nitrogens is 3. The molecule has 7 heteroatoms. The van der Waals surface area contributed by atoms with Gasteiger partial charge in [0.05, 0.1) is 13.2 Å². The summed E-state index contributed by atoms with van der Waals surface area (Å²) in [4.78, 5) is 4.31. The number of hydrogen-bond donors (Lipinski definition) is 2. The fourth-order valence-corrected chi connectivity index (χ4v) is 1.88. The Kier molecular flexibility index (Phi) is 8.36. The Morgan fingerprint density at radius 3 is 2.80 bits per heavy atom. The molecular formula is C13H27N5O2. The van der Waals surface area contributed by atoms with Gasteiger partial charge in [0.15, 0.2) is 0 Å². The van der Waals surface area contributed by atoms with Gasteiger partial charge in [-0.3, -0.25) is 11.3 Å². The minimum Gasteiger partial charge on any atom is -0.382 e. The minimum absolute atomic E-state index is 0.132. The molecule has 0 aliphatic heterocycles. The molecule has 0 fully saturated rings. The van der Waals surface area contributed by atoms with Crippen molar-refractivity contribution in [1.82, 2.24) is 20.2 Å². The average Bonchev–Trinajstić information content (AvgIpc) is 2.83. The van der Waals surface area contributed by atoms with E-state index in [1.165, 1.54) is 0 Å². The first-order valence-corrected chi connectivity index (χ1v) is 7.06. The Morgan fingerprint density at radius 2 is 2.15 bits per heavy atom. The van der Waals surface area contributed by atoms with E-state index in [0.29, 0.717) is 25.7 Å². The van der Waals surface area contributed by atoms with Gasteiger partial charge in [-0.2, -0.15) is 5.10 Å². The molecule has 1 unspecified atom stereocenters. The summed E-state index contributed by atoms with van der Waals surface area (Å²) >= 11 is 0. The molecule has 1 heterocycles.